The fraction of sp³-hybridized carbons (Fsp3) is 0.333. The van der Waals surface area contributed by atoms with Gasteiger partial charge in [-0.25, -0.2) is 4.68 Å². The number of para-hydroxylation sites is 1. The van der Waals surface area contributed by atoms with Gasteiger partial charge in [0.25, 0.3) is 0 Å². The van der Waals surface area contributed by atoms with E-state index in [9.17, 15) is 0 Å². The monoisotopic (exact) mass is 230 g/mol. The van der Waals surface area contributed by atoms with E-state index >= 15 is 0 Å². The number of ether oxygens (including phenoxy) is 1. The van der Waals surface area contributed by atoms with Gasteiger partial charge in [0.05, 0.1) is 13.2 Å². The van der Waals surface area contributed by atoms with Crippen LogP contribution in [0.25, 0.3) is 0 Å². The average molecular weight is 230 g/mol. The van der Waals surface area contributed by atoms with Crippen LogP contribution in [0.15, 0.2) is 30.6 Å². The Kier molecular flexibility index (Phi) is 2.44. The Morgan fingerprint density at radius 3 is 3.18 bits per heavy atom. The van der Waals surface area contributed by atoms with Crippen molar-refractivity contribution in [2.45, 2.75) is 12.5 Å². The predicted octanol–water partition coefficient (Wildman–Crippen LogP) is 1.69. The molecule has 3 rings (SSSR count). The van der Waals surface area contributed by atoms with Crippen molar-refractivity contribution in [3.8, 4) is 5.75 Å². The van der Waals surface area contributed by atoms with Crippen molar-refractivity contribution in [1.29, 1.82) is 0 Å². The van der Waals surface area contributed by atoms with Gasteiger partial charge in [0, 0.05) is 12.1 Å². The lowest BCUT2D eigenvalue weighted by Crippen LogP contribution is -2.25. The molecule has 0 spiro atoms. The van der Waals surface area contributed by atoms with Crippen LogP contribution in [0.1, 0.15) is 18.0 Å². The molecule has 1 aromatic carbocycles. The van der Waals surface area contributed by atoms with Gasteiger partial charge >= 0.3 is 0 Å². The van der Waals surface area contributed by atoms with Gasteiger partial charge in [-0.2, -0.15) is 10.1 Å². The summed E-state index contributed by atoms with van der Waals surface area (Å²) in [6, 6.07) is 8.26. The van der Waals surface area contributed by atoms with Crippen LogP contribution < -0.4 is 10.1 Å². The fourth-order valence-corrected chi connectivity index (χ4v) is 2.28. The highest BCUT2D eigenvalue weighted by Crippen LogP contribution is 2.33. The molecule has 1 aromatic heterocycles. The molecule has 5 nitrogen and oxygen atoms in total. The van der Waals surface area contributed by atoms with Crippen LogP contribution >= 0.6 is 0 Å². The number of fused-ring (bicyclic) bond motifs is 1. The molecule has 17 heavy (non-hydrogen) atoms. The fourth-order valence-electron chi connectivity index (χ4n) is 2.28. The van der Waals surface area contributed by atoms with Crippen molar-refractivity contribution in [2.24, 2.45) is 0 Å². The first kappa shape index (κ1) is 10.1. The first-order chi connectivity index (χ1) is 8.40. The molecule has 0 saturated heterocycles. The van der Waals surface area contributed by atoms with E-state index in [1.54, 1.807) is 13.4 Å². The highest BCUT2D eigenvalue weighted by Gasteiger charge is 2.24. The predicted molar refractivity (Wildman–Crippen MR) is 64.3 cm³/mol. The van der Waals surface area contributed by atoms with Crippen LogP contribution in [0.2, 0.25) is 0 Å². The molecule has 0 fully saturated rings. The quantitative estimate of drug-likeness (QED) is 0.853. The molecule has 2 heterocycles. The topological polar surface area (TPSA) is 52.0 Å². The van der Waals surface area contributed by atoms with Crippen LogP contribution in [-0.2, 0) is 0 Å². The average Bonchev–Trinajstić information content (AvgIpc) is 2.86. The number of aromatic nitrogens is 3. The Morgan fingerprint density at radius 1 is 1.41 bits per heavy atom. The van der Waals surface area contributed by atoms with E-state index < -0.39 is 0 Å². The third-order valence-corrected chi connectivity index (χ3v) is 3.07. The van der Waals surface area contributed by atoms with Crippen LogP contribution in [0, 0.1) is 0 Å². The number of rotatable bonds is 2. The number of methoxy groups -OCH3 is 1. The normalized spacial score (nSPS) is 18.3. The van der Waals surface area contributed by atoms with E-state index in [-0.39, 0.29) is 6.04 Å². The molecule has 0 amide bonds. The molecule has 5 heteroatoms. The standard InChI is InChI=1S/C12H14N4O/c1-17-11-5-3-2-4-9(11)10-6-7-13-12-14-8-15-16(10)12/h2-5,8,10H,6-7H2,1H3,(H,13,14,15). The molecule has 1 aliphatic heterocycles. The molecule has 88 valence electrons. The van der Waals surface area contributed by atoms with Crippen molar-refractivity contribution >= 4 is 5.95 Å². The maximum atomic E-state index is 5.41. The van der Waals surface area contributed by atoms with Gasteiger partial charge in [-0.3, -0.25) is 0 Å². The Bertz CT molecular complexity index is 523. The number of hydrogen-bond donors (Lipinski definition) is 1. The molecule has 1 atom stereocenters. The van der Waals surface area contributed by atoms with E-state index in [1.165, 1.54) is 0 Å². The van der Waals surface area contributed by atoms with Gasteiger partial charge < -0.3 is 10.1 Å². The lowest BCUT2D eigenvalue weighted by atomic mass is 10.0. The number of nitrogens with zero attached hydrogens (tertiary/aromatic N) is 3. The SMILES string of the molecule is COc1ccccc1C1CCNc2ncnn21. The Morgan fingerprint density at radius 2 is 2.29 bits per heavy atom. The molecule has 0 aliphatic carbocycles. The minimum atomic E-state index is 0.199. The van der Waals surface area contributed by atoms with Gasteiger partial charge in [0.2, 0.25) is 5.95 Å². The summed E-state index contributed by atoms with van der Waals surface area (Å²) in [6.07, 6.45) is 2.56. The zero-order valence-corrected chi connectivity index (χ0v) is 9.63. The molecule has 0 saturated carbocycles. The van der Waals surface area contributed by atoms with Crippen LogP contribution in [0.4, 0.5) is 5.95 Å². The van der Waals surface area contributed by atoms with Crippen LogP contribution in [0.5, 0.6) is 5.75 Å². The number of anilines is 1. The lowest BCUT2D eigenvalue weighted by Gasteiger charge is -2.25. The van der Waals surface area contributed by atoms with E-state index in [1.807, 2.05) is 22.9 Å². The van der Waals surface area contributed by atoms with Crippen molar-refractivity contribution in [1.82, 2.24) is 14.8 Å². The van der Waals surface area contributed by atoms with Crippen molar-refractivity contribution < 1.29 is 4.74 Å². The summed E-state index contributed by atoms with van der Waals surface area (Å²) in [5, 5.41) is 7.51. The summed E-state index contributed by atoms with van der Waals surface area (Å²) < 4.78 is 7.33. The third kappa shape index (κ3) is 1.63. The summed E-state index contributed by atoms with van der Waals surface area (Å²) >= 11 is 0. The Labute approximate surface area is 99.4 Å². The zero-order valence-electron chi connectivity index (χ0n) is 9.63. The third-order valence-electron chi connectivity index (χ3n) is 3.07. The highest BCUT2D eigenvalue weighted by atomic mass is 16.5. The number of hydrogen-bond acceptors (Lipinski definition) is 4. The van der Waals surface area contributed by atoms with Crippen LogP contribution in [0.3, 0.4) is 0 Å². The maximum Gasteiger partial charge on any atom is 0.221 e. The van der Waals surface area contributed by atoms with E-state index in [0.29, 0.717) is 0 Å². The largest absolute Gasteiger partial charge is 0.496 e. The molecule has 0 bridgehead atoms. The maximum absolute atomic E-state index is 5.41. The Balaban J connectivity index is 2.06. The molecule has 0 radical (unpaired) electrons. The van der Waals surface area contributed by atoms with Gasteiger partial charge in [-0.05, 0) is 12.5 Å². The van der Waals surface area contributed by atoms with Crippen molar-refractivity contribution in [3.05, 3.63) is 36.2 Å². The van der Waals surface area contributed by atoms with Gasteiger partial charge in [0.1, 0.15) is 12.1 Å². The summed E-state index contributed by atoms with van der Waals surface area (Å²) in [5.74, 6) is 1.73. The molecule has 2 aromatic rings. The summed E-state index contributed by atoms with van der Waals surface area (Å²) in [4.78, 5) is 4.19. The smallest absolute Gasteiger partial charge is 0.221 e. The van der Waals surface area contributed by atoms with E-state index in [4.69, 9.17) is 4.74 Å². The number of benzene rings is 1. The minimum absolute atomic E-state index is 0.199. The lowest BCUT2D eigenvalue weighted by molar-refractivity contribution is 0.391. The molecule has 1 N–H and O–H groups in total. The minimum Gasteiger partial charge on any atom is -0.496 e. The summed E-state index contributed by atoms with van der Waals surface area (Å²) in [6.45, 7) is 0.904. The van der Waals surface area contributed by atoms with Crippen LogP contribution in [-0.4, -0.2) is 28.4 Å². The molecular weight excluding hydrogens is 216 g/mol. The number of nitrogens with one attached hydrogen (secondary N) is 1. The Hall–Kier alpha value is -2.04. The second kappa shape index (κ2) is 4.08. The van der Waals surface area contributed by atoms with Gasteiger partial charge in [0.15, 0.2) is 0 Å². The first-order valence-electron chi connectivity index (χ1n) is 5.66. The van der Waals surface area contributed by atoms with Gasteiger partial charge in [-0.15, -0.1) is 0 Å². The molecule has 1 aliphatic rings. The second-order valence-corrected chi connectivity index (χ2v) is 4.00. The summed E-state index contributed by atoms with van der Waals surface area (Å²) in [5.41, 5.74) is 1.16. The van der Waals surface area contributed by atoms with Gasteiger partial charge in [-0.1, -0.05) is 18.2 Å². The van der Waals surface area contributed by atoms with Crippen molar-refractivity contribution in [3.63, 3.8) is 0 Å². The van der Waals surface area contributed by atoms with Crippen molar-refractivity contribution in [2.75, 3.05) is 19.0 Å². The highest BCUT2D eigenvalue weighted by molar-refractivity contribution is 5.39. The first-order valence-corrected chi connectivity index (χ1v) is 5.66. The van der Waals surface area contributed by atoms with E-state index in [0.717, 1.165) is 30.2 Å². The summed E-state index contributed by atoms with van der Waals surface area (Å²) in [7, 11) is 1.70. The molecular formula is C12H14N4O. The molecule has 1 unspecified atom stereocenters. The van der Waals surface area contributed by atoms with E-state index in [2.05, 4.69) is 21.5 Å². The second-order valence-electron chi connectivity index (χ2n) is 4.00. The zero-order chi connectivity index (χ0) is 11.7.